The maximum Gasteiger partial charge on any atom is 0.165 e. The molecule has 0 amide bonds. The van der Waals surface area contributed by atoms with Gasteiger partial charge in [-0.05, 0) is 61.6 Å². The second kappa shape index (κ2) is 8.39. The number of nitrogens with zero attached hydrogens (tertiary/aromatic N) is 2. The van der Waals surface area contributed by atoms with E-state index in [1.54, 1.807) is 17.1 Å². The molecule has 1 aliphatic heterocycles. The molecule has 1 N–H and O–H groups in total. The summed E-state index contributed by atoms with van der Waals surface area (Å²) in [5.41, 5.74) is 6.13. The van der Waals surface area contributed by atoms with Crippen LogP contribution in [0.4, 0.5) is 13.2 Å². The molecule has 1 aliphatic rings. The number of ether oxygens (including phenoxy) is 1. The number of rotatable bonds is 6. The largest absolute Gasteiger partial charge is 0.494 e. The molecule has 0 spiro atoms. The van der Waals surface area contributed by atoms with E-state index in [9.17, 15) is 13.2 Å². The summed E-state index contributed by atoms with van der Waals surface area (Å²) in [6.07, 6.45) is 3.83. The lowest BCUT2D eigenvalue weighted by Crippen LogP contribution is -2.35. The average Bonchev–Trinajstić information content (AvgIpc) is 2.64. The van der Waals surface area contributed by atoms with E-state index in [0.29, 0.717) is 29.9 Å². The van der Waals surface area contributed by atoms with Crippen LogP contribution in [-0.2, 0) is 6.54 Å². The molecule has 0 bridgehead atoms. The Morgan fingerprint density at radius 1 is 1.00 bits per heavy atom. The third-order valence-corrected chi connectivity index (χ3v) is 4.21. The van der Waals surface area contributed by atoms with Crippen LogP contribution in [0.25, 0.3) is 5.70 Å². The van der Waals surface area contributed by atoms with Crippen molar-refractivity contribution in [2.45, 2.75) is 6.54 Å². The van der Waals surface area contributed by atoms with Gasteiger partial charge in [-0.3, -0.25) is 10.4 Å². The van der Waals surface area contributed by atoms with Crippen molar-refractivity contribution in [2.24, 2.45) is 0 Å². The number of benzene rings is 2. The zero-order chi connectivity index (χ0) is 20.3. The van der Waals surface area contributed by atoms with Gasteiger partial charge in [-0.15, -0.1) is 0 Å². The van der Waals surface area contributed by atoms with Crippen LogP contribution in [0.3, 0.4) is 0 Å². The first-order chi connectivity index (χ1) is 13.4. The normalized spacial score (nSPS) is 13.9. The number of nitrogens with one attached hydrogen (secondary N) is 1. The minimum absolute atomic E-state index is 0.169. The Bertz CT molecular complexity index is 925. The van der Waals surface area contributed by atoms with Crippen LogP contribution in [0.15, 0.2) is 54.2 Å². The zero-order valence-electron chi connectivity index (χ0n) is 16.0. The molecular weight excluding hydrogens is 367 g/mol. The third-order valence-electron chi connectivity index (χ3n) is 4.21. The van der Waals surface area contributed by atoms with E-state index >= 15 is 0 Å². The highest BCUT2D eigenvalue weighted by Crippen LogP contribution is 2.25. The van der Waals surface area contributed by atoms with E-state index in [2.05, 4.69) is 5.43 Å². The number of hydrogen-bond acceptors (Lipinski definition) is 4. The van der Waals surface area contributed by atoms with Crippen molar-refractivity contribution in [2.75, 3.05) is 27.7 Å². The molecule has 3 rings (SSSR count). The van der Waals surface area contributed by atoms with Crippen molar-refractivity contribution in [3.63, 3.8) is 0 Å². The fourth-order valence-electron chi connectivity index (χ4n) is 3.00. The summed E-state index contributed by atoms with van der Waals surface area (Å²) in [5, 5.41) is 1.77. The number of methoxy groups -OCH3 is 1. The van der Waals surface area contributed by atoms with Gasteiger partial charge in [-0.25, -0.2) is 13.2 Å². The quantitative estimate of drug-likeness (QED) is 0.811. The van der Waals surface area contributed by atoms with Crippen molar-refractivity contribution in [1.82, 2.24) is 15.3 Å². The summed E-state index contributed by atoms with van der Waals surface area (Å²) >= 11 is 0. The van der Waals surface area contributed by atoms with E-state index in [4.69, 9.17) is 4.74 Å². The lowest BCUT2D eigenvalue weighted by Gasteiger charge is -2.30. The maximum atomic E-state index is 14.1. The van der Waals surface area contributed by atoms with Gasteiger partial charge in [0.25, 0.3) is 0 Å². The number of hydrogen-bond donors (Lipinski definition) is 1. The van der Waals surface area contributed by atoms with E-state index in [1.807, 2.05) is 31.3 Å². The van der Waals surface area contributed by atoms with Gasteiger partial charge in [0.15, 0.2) is 23.2 Å². The lowest BCUT2D eigenvalue weighted by molar-refractivity contribution is 0.305. The van der Waals surface area contributed by atoms with Gasteiger partial charge in [0.1, 0.15) is 0 Å². The second-order valence-corrected chi connectivity index (χ2v) is 6.84. The lowest BCUT2D eigenvalue weighted by atomic mass is 10.1. The molecule has 0 unspecified atom stereocenters. The molecule has 7 heteroatoms. The standard InChI is InChI=1S/C21H22F3N3O/c1-26(2)11-15-9-20(16-5-7-21(28-3)19(24)10-16)25-27(13-15)12-14-4-6-17(22)18(23)8-14/h4-10,13,25H,11-12H2,1-3H3. The first-order valence-electron chi connectivity index (χ1n) is 8.74. The Morgan fingerprint density at radius 2 is 1.79 bits per heavy atom. The van der Waals surface area contributed by atoms with Crippen molar-refractivity contribution in [1.29, 1.82) is 0 Å². The van der Waals surface area contributed by atoms with Crippen LogP contribution in [-0.4, -0.2) is 37.7 Å². The van der Waals surface area contributed by atoms with E-state index in [1.165, 1.54) is 25.3 Å². The van der Waals surface area contributed by atoms with Crippen molar-refractivity contribution in [3.05, 3.63) is 82.8 Å². The third kappa shape index (κ3) is 4.67. The van der Waals surface area contributed by atoms with Crippen LogP contribution in [0, 0.1) is 17.5 Å². The average molecular weight is 389 g/mol. The highest BCUT2D eigenvalue weighted by molar-refractivity contribution is 5.68. The fourth-order valence-corrected chi connectivity index (χ4v) is 3.00. The molecule has 0 radical (unpaired) electrons. The molecule has 2 aromatic carbocycles. The zero-order valence-corrected chi connectivity index (χ0v) is 16.0. The molecule has 148 valence electrons. The smallest absolute Gasteiger partial charge is 0.165 e. The van der Waals surface area contributed by atoms with Gasteiger partial charge in [0, 0.05) is 18.3 Å². The maximum absolute atomic E-state index is 14.1. The molecule has 4 nitrogen and oxygen atoms in total. The van der Waals surface area contributed by atoms with Crippen LogP contribution >= 0.6 is 0 Å². The number of hydrazine groups is 1. The van der Waals surface area contributed by atoms with Crippen LogP contribution in [0.1, 0.15) is 11.1 Å². The molecule has 1 heterocycles. The summed E-state index contributed by atoms with van der Waals surface area (Å²) in [6.45, 7) is 0.974. The van der Waals surface area contributed by atoms with E-state index < -0.39 is 17.5 Å². The van der Waals surface area contributed by atoms with Gasteiger partial charge in [0.2, 0.25) is 0 Å². The highest BCUT2D eigenvalue weighted by Gasteiger charge is 2.16. The van der Waals surface area contributed by atoms with Gasteiger partial charge in [0.05, 0.1) is 19.4 Å². The summed E-state index contributed by atoms with van der Waals surface area (Å²) in [4.78, 5) is 2.01. The van der Waals surface area contributed by atoms with Gasteiger partial charge in [-0.1, -0.05) is 6.07 Å². The van der Waals surface area contributed by atoms with Gasteiger partial charge in [-0.2, -0.15) is 0 Å². The molecule has 0 atom stereocenters. The predicted octanol–water partition coefficient (Wildman–Crippen LogP) is 3.92. The Balaban J connectivity index is 1.88. The molecular formula is C21H22F3N3O. The van der Waals surface area contributed by atoms with Crippen LogP contribution in [0.2, 0.25) is 0 Å². The molecule has 0 fully saturated rings. The van der Waals surface area contributed by atoms with Gasteiger partial charge >= 0.3 is 0 Å². The molecule has 0 aliphatic carbocycles. The SMILES string of the molecule is COc1ccc(C2=CC(CN(C)C)=CN(Cc3ccc(F)c(F)c3)N2)cc1F. The minimum atomic E-state index is -0.889. The summed E-state index contributed by atoms with van der Waals surface area (Å²) in [6, 6.07) is 8.53. The van der Waals surface area contributed by atoms with E-state index in [-0.39, 0.29) is 5.75 Å². The van der Waals surface area contributed by atoms with Crippen LogP contribution in [0.5, 0.6) is 5.75 Å². The number of likely N-dealkylation sites (N-methyl/N-ethyl adjacent to an activating group) is 1. The minimum Gasteiger partial charge on any atom is -0.494 e. The fraction of sp³-hybridized carbons (Fsp3) is 0.238. The Hall–Kier alpha value is -2.93. The Morgan fingerprint density at radius 3 is 2.43 bits per heavy atom. The number of halogens is 3. The second-order valence-electron chi connectivity index (χ2n) is 6.84. The molecule has 0 saturated carbocycles. The summed E-state index contributed by atoms with van der Waals surface area (Å²) in [5.74, 6) is -2.06. The molecule has 2 aromatic rings. The molecule has 28 heavy (non-hydrogen) atoms. The van der Waals surface area contributed by atoms with E-state index in [0.717, 1.165) is 11.6 Å². The van der Waals surface area contributed by atoms with Crippen molar-refractivity contribution in [3.8, 4) is 5.75 Å². The first kappa shape index (κ1) is 19.8. The topological polar surface area (TPSA) is 27.7 Å². The summed E-state index contributed by atoms with van der Waals surface area (Å²) < 4.78 is 45.8. The Labute approximate surface area is 162 Å². The Kier molecular flexibility index (Phi) is 5.94. The highest BCUT2D eigenvalue weighted by atomic mass is 19.2. The molecule has 0 saturated heterocycles. The summed E-state index contributed by atoms with van der Waals surface area (Å²) in [7, 11) is 5.31. The molecule has 0 aromatic heterocycles. The van der Waals surface area contributed by atoms with Crippen molar-refractivity contribution < 1.29 is 17.9 Å². The predicted molar refractivity (Wildman–Crippen MR) is 103 cm³/mol. The monoisotopic (exact) mass is 389 g/mol. The van der Waals surface area contributed by atoms with Crippen LogP contribution < -0.4 is 10.2 Å². The first-order valence-corrected chi connectivity index (χ1v) is 8.74. The van der Waals surface area contributed by atoms with Gasteiger partial charge < -0.3 is 9.64 Å². The van der Waals surface area contributed by atoms with Crippen molar-refractivity contribution >= 4 is 5.70 Å².